The number of benzene rings is 1. The lowest BCUT2D eigenvalue weighted by Gasteiger charge is -2.57. The molecule has 0 aliphatic heterocycles. The quantitative estimate of drug-likeness (QED) is 0.782. The Labute approximate surface area is 161 Å². The Morgan fingerprint density at radius 2 is 1.85 bits per heavy atom. The second kappa shape index (κ2) is 6.35. The molecule has 4 nitrogen and oxygen atoms in total. The van der Waals surface area contributed by atoms with Crippen molar-refractivity contribution in [2.75, 3.05) is 6.54 Å². The molecule has 0 saturated heterocycles. The van der Waals surface area contributed by atoms with Crippen LogP contribution in [0.15, 0.2) is 22.6 Å². The van der Waals surface area contributed by atoms with Crippen molar-refractivity contribution in [2.45, 2.75) is 64.7 Å². The molecule has 1 heterocycles. The standard InChI is InChI=1S/C23H30N2O2/c1-14(2)22-25-19-4-3-18(10-20(19)27-22)21(26)24-6-5-23-11-15-7-16(12-23)9-17(8-15)13-23/h3-4,10,14-17H,5-9,11-13H2,1-2H3,(H,24,26). The van der Waals surface area contributed by atoms with E-state index in [1.165, 1.54) is 38.5 Å². The van der Waals surface area contributed by atoms with E-state index in [1.807, 2.05) is 18.2 Å². The van der Waals surface area contributed by atoms with Crippen molar-refractivity contribution in [3.8, 4) is 0 Å². The van der Waals surface area contributed by atoms with Crippen molar-refractivity contribution in [2.24, 2.45) is 23.2 Å². The first-order chi connectivity index (χ1) is 13.0. The normalized spacial score (nSPS) is 31.7. The van der Waals surface area contributed by atoms with Crippen molar-refractivity contribution < 1.29 is 9.21 Å². The van der Waals surface area contributed by atoms with Crippen LogP contribution in [0.3, 0.4) is 0 Å². The van der Waals surface area contributed by atoms with E-state index in [-0.39, 0.29) is 11.8 Å². The molecule has 1 N–H and O–H groups in total. The molecule has 4 heteroatoms. The molecule has 4 aliphatic carbocycles. The van der Waals surface area contributed by atoms with Crippen LogP contribution >= 0.6 is 0 Å². The molecule has 0 atom stereocenters. The van der Waals surface area contributed by atoms with E-state index in [1.54, 1.807) is 0 Å². The fourth-order valence-electron chi connectivity index (χ4n) is 6.47. The number of amides is 1. The van der Waals surface area contributed by atoms with Gasteiger partial charge in [-0.15, -0.1) is 0 Å². The van der Waals surface area contributed by atoms with Crippen LogP contribution in [0.2, 0.25) is 0 Å². The molecule has 144 valence electrons. The van der Waals surface area contributed by atoms with Gasteiger partial charge in [0, 0.05) is 18.0 Å². The first-order valence-corrected chi connectivity index (χ1v) is 10.7. The van der Waals surface area contributed by atoms with Gasteiger partial charge in [-0.3, -0.25) is 4.79 Å². The first kappa shape index (κ1) is 17.3. The van der Waals surface area contributed by atoms with E-state index in [9.17, 15) is 4.79 Å². The lowest BCUT2D eigenvalue weighted by Crippen LogP contribution is -2.47. The summed E-state index contributed by atoms with van der Waals surface area (Å²) in [6.45, 7) is 4.91. The maximum absolute atomic E-state index is 12.6. The highest BCUT2D eigenvalue weighted by molar-refractivity contribution is 5.97. The molecule has 0 spiro atoms. The van der Waals surface area contributed by atoms with Gasteiger partial charge in [0.05, 0.1) is 0 Å². The summed E-state index contributed by atoms with van der Waals surface area (Å²) in [5, 5.41) is 3.17. The highest BCUT2D eigenvalue weighted by Crippen LogP contribution is 2.61. The minimum absolute atomic E-state index is 0.00382. The Morgan fingerprint density at radius 3 is 2.48 bits per heavy atom. The molecule has 1 aromatic carbocycles. The number of rotatable bonds is 5. The molecule has 6 rings (SSSR count). The highest BCUT2D eigenvalue weighted by Gasteiger charge is 2.50. The van der Waals surface area contributed by atoms with E-state index in [0.29, 0.717) is 16.6 Å². The number of oxazole rings is 1. The number of nitrogens with one attached hydrogen (secondary N) is 1. The zero-order valence-electron chi connectivity index (χ0n) is 16.5. The van der Waals surface area contributed by atoms with Gasteiger partial charge in [0.15, 0.2) is 11.5 Å². The van der Waals surface area contributed by atoms with E-state index in [4.69, 9.17) is 4.42 Å². The molecule has 2 aromatic rings. The minimum Gasteiger partial charge on any atom is -0.440 e. The van der Waals surface area contributed by atoms with Crippen molar-refractivity contribution in [1.29, 1.82) is 0 Å². The zero-order chi connectivity index (χ0) is 18.6. The Morgan fingerprint density at radius 1 is 1.19 bits per heavy atom. The topological polar surface area (TPSA) is 55.1 Å². The number of hydrogen-bond acceptors (Lipinski definition) is 3. The molecule has 0 radical (unpaired) electrons. The van der Waals surface area contributed by atoms with Crippen LogP contribution in [0.1, 0.15) is 81.0 Å². The van der Waals surface area contributed by atoms with Crippen LogP contribution < -0.4 is 5.32 Å². The largest absolute Gasteiger partial charge is 0.440 e. The molecule has 0 unspecified atom stereocenters. The monoisotopic (exact) mass is 366 g/mol. The Balaban J connectivity index is 1.23. The fourth-order valence-corrected chi connectivity index (χ4v) is 6.47. The van der Waals surface area contributed by atoms with Gasteiger partial charge in [-0.25, -0.2) is 4.98 Å². The Hall–Kier alpha value is -1.84. The van der Waals surface area contributed by atoms with Gasteiger partial charge in [0.25, 0.3) is 5.91 Å². The molecule has 4 saturated carbocycles. The van der Waals surface area contributed by atoms with Crippen LogP contribution in [0.4, 0.5) is 0 Å². The maximum atomic E-state index is 12.6. The predicted octanol–water partition coefficient (Wildman–Crippen LogP) is 5.29. The van der Waals surface area contributed by atoms with Crippen LogP contribution in [0.25, 0.3) is 11.1 Å². The number of carbonyl (C=O) groups is 1. The maximum Gasteiger partial charge on any atom is 0.251 e. The average molecular weight is 367 g/mol. The number of hydrogen-bond donors (Lipinski definition) is 1. The lowest BCUT2D eigenvalue weighted by molar-refractivity contribution is -0.0564. The van der Waals surface area contributed by atoms with Gasteiger partial charge >= 0.3 is 0 Å². The fraction of sp³-hybridized carbons (Fsp3) is 0.652. The van der Waals surface area contributed by atoms with Gasteiger partial charge in [-0.05, 0) is 86.3 Å². The number of aromatic nitrogens is 1. The molecule has 1 aromatic heterocycles. The van der Waals surface area contributed by atoms with Crippen LogP contribution in [0, 0.1) is 23.2 Å². The molecule has 1 amide bonds. The third-order valence-corrected chi connectivity index (χ3v) is 7.27. The number of nitrogens with zero attached hydrogens (tertiary/aromatic N) is 1. The van der Waals surface area contributed by atoms with Crippen molar-refractivity contribution >= 4 is 17.0 Å². The number of fused-ring (bicyclic) bond motifs is 1. The Kier molecular flexibility index (Phi) is 4.06. The second-order valence-electron chi connectivity index (χ2n) is 9.81. The van der Waals surface area contributed by atoms with E-state index in [2.05, 4.69) is 24.1 Å². The van der Waals surface area contributed by atoms with Crippen molar-refractivity contribution in [3.05, 3.63) is 29.7 Å². The van der Waals surface area contributed by atoms with Crippen LogP contribution in [-0.4, -0.2) is 17.4 Å². The first-order valence-electron chi connectivity index (χ1n) is 10.7. The molecular weight excluding hydrogens is 336 g/mol. The molecule has 4 bridgehead atoms. The summed E-state index contributed by atoms with van der Waals surface area (Å²) in [5.74, 6) is 3.88. The molecular formula is C23H30N2O2. The third-order valence-electron chi connectivity index (χ3n) is 7.27. The predicted molar refractivity (Wildman–Crippen MR) is 106 cm³/mol. The molecule has 4 fully saturated rings. The summed E-state index contributed by atoms with van der Waals surface area (Å²) >= 11 is 0. The van der Waals surface area contributed by atoms with Gasteiger partial charge in [-0.1, -0.05) is 13.8 Å². The van der Waals surface area contributed by atoms with Gasteiger partial charge in [0.1, 0.15) is 5.52 Å². The van der Waals surface area contributed by atoms with Crippen LogP contribution in [-0.2, 0) is 0 Å². The van der Waals surface area contributed by atoms with Gasteiger partial charge in [0.2, 0.25) is 0 Å². The van der Waals surface area contributed by atoms with Crippen LogP contribution in [0.5, 0.6) is 0 Å². The van der Waals surface area contributed by atoms with E-state index >= 15 is 0 Å². The Bertz CT molecular complexity index is 831. The molecule has 4 aliphatic rings. The number of carbonyl (C=O) groups excluding carboxylic acids is 1. The SMILES string of the molecule is CC(C)c1nc2ccc(C(=O)NCCC34CC5CC(CC(C5)C3)C4)cc2o1. The van der Waals surface area contributed by atoms with E-state index < -0.39 is 0 Å². The second-order valence-corrected chi connectivity index (χ2v) is 9.81. The highest BCUT2D eigenvalue weighted by atomic mass is 16.3. The summed E-state index contributed by atoms with van der Waals surface area (Å²) in [6.07, 6.45) is 9.76. The lowest BCUT2D eigenvalue weighted by atomic mass is 9.49. The van der Waals surface area contributed by atoms with Crippen molar-refractivity contribution in [1.82, 2.24) is 10.3 Å². The summed E-state index contributed by atoms with van der Waals surface area (Å²) < 4.78 is 5.80. The van der Waals surface area contributed by atoms with Crippen molar-refractivity contribution in [3.63, 3.8) is 0 Å². The minimum atomic E-state index is 0.00382. The average Bonchev–Trinajstić information content (AvgIpc) is 3.04. The third kappa shape index (κ3) is 3.17. The van der Waals surface area contributed by atoms with E-state index in [0.717, 1.165) is 42.1 Å². The summed E-state index contributed by atoms with van der Waals surface area (Å²) in [5.41, 5.74) is 2.71. The smallest absolute Gasteiger partial charge is 0.251 e. The molecule has 27 heavy (non-hydrogen) atoms. The summed E-state index contributed by atoms with van der Waals surface area (Å²) in [7, 11) is 0. The zero-order valence-corrected chi connectivity index (χ0v) is 16.5. The summed E-state index contributed by atoms with van der Waals surface area (Å²) in [4.78, 5) is 17.1. The van der Waals surface area contributed by atoms with Gasteiger partial charge < -0.3 is 9.73 Å². The van der Waals surface area contributed by atoms with Gasteiger partial charge in [-0.2, -0.15) is 0 Å². The summed E-state index contributed by atoms with van der Waals surface area (Å²) in [6, 6.07) is 5.57.